The Kier molecular flexibility index (Phi) is 7.39. The summed E-state index contributed by atoms with van der Waals surface area (Å²) in [6.45, 7) is 3.95. The highest BCUT2D eigenvalue weighted by Crippen LogP contribution is 2.14. The topological polar surface area (TPSA) is 40.7 Å². The van der Waals surface area contributed by atoms with Gasteiger partial charge < -0.3 is 10.3 Å². The second kappa shape index (κ2) is 8.79. The maximum Gasteiger partial charge on any atom is 0.121 e. The van der Waals surface area contributed by atoms with E-state index in [-0.39, 0.29) is 24.8 Å². The number of hydrogen-bond acceptors (Lipinski definition) is 2. The second-order valence-electron chi connectivity index (χ2n) is 5.14. The Morgan fingerprint density at radius 1 is 1.00 bits per heavy atom. The molecular formula is C17H21Cl2N3. The molecule has 22 heavy (non-hydrogen) atoms. The molecule has 0 spiro atoms. The molecule has 1 unspecified atom stereocenters. The van der Waals surface area contributed by atoms with Crippen LogP contribution in [0.3, 0.4) is 0 Å². The van der Waals surface area contributed by atoms with Gasteiger partial charge in [0.25, 0.3) is 0 Å². The van der Waals surface area contributed by atoms with E-state index in [4.69, 9.17) is 0 Å². The molecule has 0 aliphatic carbocycles. The number of fused-ring (bicyclic) bond motifs is 1. The maximum atomic E-state index is 4.56. The number of nitrogens with zero attached hydrogens (tertiary/aromatic N) is 1. The monoisotopic (exact) mass is 337 g/mol. The van der Waals surface area contributed by atoms with Gasteiger partial charge in [-0.25, -0.2) is 4.98 Å². The van der Waals surface area contributed by atoms with Gasteiger partial charge in [-0.05, 0) is 23.6 Å². The van der Waals surface area contributed by atoms with Crippen LogP contribution in [-0.4, -0.2) is 16.5 Å². The molecule has 0 bridgehead atoms. The highest BCUT2D eigenvalue weighted by atomic mass is 35.5. The largest absolute Gasteiger partial charge is 0.341 e. The number of nitrogens with one attached hydrogen (secondary N) is 2. The van der Waals surface area contributed by atoms with Crippen molar-refractivity contribution < 1.29 is 0 Å². The summed E-state index contributed by atoms with van der Waals surface area (Å²) in [4.78, 5) is 7.90. The minimum Gasteiger partial charge on any atom is -0.341 e. The Hall–Kier alpha value is -1.55. The quantitative estimate of drug-likeness (QED) is 0.728. The van der Waals surface area contributed by atoms with E-state index in [9.17, 15) is 0 Å². The normalized spacial score (nSPS) is 11.5. The number of H-pyrrole nitrogens is 1. The first-order valence-electron chi connectivity index (χ1n) is 7.02. The molecule has 0 saturated heterocycles. The number of aromatic nitrogens is 2. The highest BCUT2D eigenvalue weighted by Gasteiger charge is 2.05. The molecule has 1 aromatic heterocycles. The fourth-order valence-electron chi connectivity index (χ4n) is 2.40. The van der Waals surface area contributed by atoms with Crippen LogP contribution in [0.25, 0.3) is 11.0 Å². The lowest BCUT2D eigenvalue weighted by molar-refractivity contribution is 0.603. The SMILES string of the molecule is CC(CNCc1nc2ccccc2[nH]1)c1ccccc1.Cl.Cl. The molecule has 1 heterocycles. The number of benzene rings is 2. The number of para-hydroxylation sites is 2. The summed E-state index contributed by atoms with van der Waals surface area (Å²) in [6, 6.07) is 18.7. The van der Waals surface area contributed by atoms with Crippen LogP contribution in [0.15, 0.2) is 54.6 Å². The average Bonchev–Trinajstić information content (AvgIpc) is 2.90. The third kappa shape index (κ3) is 4.47. The number of hydrogen-bond donors (Lipinski definition) is 2. The number of aromatic amines is 1. The molecule has 3 rings (SSSR count). The molecule has 0 fully saturated rings. The zero-order chi connectivity index (χ0) is 13.8. The molecule has 1 atom stereocenters. The van der Waals surface area contributed by atoms with E-state index in [0.717, 1.165) is 29.9 Å². The maximum absolute atomic E-state index is 4.56. The van der Waals surface area contributed by atoms with Gasteiger partial charge in [0.15, 0.2) is 0 Å². The lowest BCUT2D eigenvalue weighted by Gasteiger charge is -2.12. The van der Waals surface area contributed by atoms with E-state index < -0.39 is 0 Å². The Morgan fingerprint density at radius 2 is 1.68 bits per heavy atom. The zero-order valence-electron chi connectivity index (χ0n) is 12.5. The van der Waals surface area contributed by atoms with Gasteiger partial charge in [0, 0.05) is 6.54 Å². The highest BCUT2D eigenvalue weighted by molar-refractivity contribution is 5.85. The molecule has 2 aromatic carbocycles. The predicted octanol–water partition coefficient (Wildman–Crippen LogP) is 4.30. The van der Waals surface area contributed by atoms with Crippen molar-refractivity contribution in [3.8, 4) is 0 Å². The van der Waals surface area contributed by atoms with Crippen LogP contribution in [0.1, 0.15) is 24.2 Å². The minimum atomic E-state index is 0. The standard InChI is InChI=1S/C17H19N3.2ClH/c1-13(14-7-3-2-4-8-14)11-18-12-17-19-15-9-5-6-10-16(15)20-17;;/h2-10,13,18H,11-12H2,1H3,(H,19,20);2*1H. The second-order valence-corrected chi connectivity index (χ2v) is 5.14. The van der Waals surface area contributed by atoms with E-state index in [1.807, 2.05) is 18.2 Å². The number of halogens is 2. The van der Waals surface area contributed by atoms with Crippen molar-refractivity contribution in [1.82, 2.24) is 15.3 Å². The molecular weight excluding hydrogens is 317 g/mol. The van der Waals surface area contributed by atoms with E-state index >= 15 is 0 Å². The van der Waals surface area contributed by atoms with Gasteiger partial charge in [-0.1, -0.05) is 49.4 Å². The van der Waals surface area contributed by atoms with Crippen molar-refractivity contribution in [2.24, 2.45) is 0 Å². The summed E-state index contributed by atoms with van der Waals surface area (Å²) in [7, 11) is 0. The van der Waals surface area contributed by atoms with Gasteiger partial charge in [-0.2, -0.15) is 0 Å². The van der Waals surface area contributed by atoms with E-state index in [0.29, 0.717) is 5.92 Å². The lowest BCUT2D eigenvalue weighted by atomic mass is 10.0. The van der Waals surface area contributed by atoms with E-state index in [1.54, 1.807) is 0 Å². The van der Waals surface area contributed by atoms with Crippen molar-refractivity contribution >= 4 is 35.8 Å². The fraction of sp³-hybridized carbons (Fsp3) is 0.235. The fourth-order valence-corrected chi connectivity index (χ4v) is 2.40. The molecule has 118 valence electrons. The zero-order valence-corrected chi connectivity index (χ0v) is 14.1. The molecule has 0 aliphatic heterocycles. The molecule has 3 nitrogen and oxygen atoms in total. The first-order valence-corrected chi connectivity index (χ1v) is 7.02. The first kappa shape index (κ1) is 18.5. The van der Waals surface area contributed by atoms with Crippen molar-refractivity contribution in [3.05, 3.63) is 66.0 Å². The molecule has 0 saturated carbocycles. The van der Waals surface area contributed by atoms with Crippen LogP contribution >= 0.6 is 24.8 Å². The first-order chi connectivity index (χ1) is 9.83. The van der Waals surface area contributed by atoms with Gasteiger partial charge >= 0.3 is 0 Å². The summed E-state index contributed by atoms with van der Waals surface area (Å²) in [5, 5.41) is 3.47. The molecule has 0 amide bonds. The molecule has 0 aliphatic rings. The van der Waals surface area contributed by atoms with E-state index in [2.05, 4.69) is 58.6 Å². The smallest absolute Gasteiger partial charge is 0.121 e. The van der Waals surface area contributed by atoms with Crippen molar-refractivity contribution in [2.45, 2.75) is 19.4 Å². The van der Waals surface area contributed by atoms with Crippen LogP contribution in [-0.2, 0) is 6.54 Å². The minimum absolute atomic E-state index is 0. The third-order valence-electron chi connectivity index (χ3n) is 3.55. The summed E-state index contributed by atoms with van der Waals surface area (Å²) in [5.41, 5.74) is 3.49. The van der Waals surface area contributed by atoms with Crippen molar-refractivity contribution in [3.63, 3.8) is 0 Å². The number of rotatable bonds is 5. The van der Waals surface area contributed by atoms with Gasteiger partial charge in [0.1, 0.15) is 5.82 Å². The molecule has 5 heteroatoms. The van der Waals surface area contributed by atoms with Gasteiger partial charge in [0.05, 0.1) is 17.6 Å². The van der Waals surface area contributed by atoms with Gasteiger partial charge in [0.2, 0.25) is 0 Å². The lowest BCUT2D eigenvalue weighted by Crippen LogP contribution is -2.20. The van der Waals surface area contributed by atoms with E-state index in [1.165, 1.54) is 5.56 Å². The predicted molar refractivity (Wildman–Crippen MR) is 97.2 cm³/mol. The van der Waals surface area contributed by atoms with Crippen LogP contribution in [0.2, 0.25) is 0 Å². The average molecular weight is 338 g/mol. The Morgan fingerprint density at radius 3 is 2.41 bits per heavy atom. The Bertz CT molecular complexity index is 649. The Balaban J connectivity index is 0.00000121. The molecule has 0 radical (unpaired) electrons. The third-order valence-corrected chi connectivity index (χ3v) is 3.55. The summed E-state index contributed by atoms with van der Waals surface area (Å²) in [6.07, 6.45) is 0. The molecule has 2 N–H and O–H groups in total. The van der Waals surface area contributed by atoms with Gasteiger partial charge in [-0.3, -0.25) is 0 Å². The van der Waals surface area contributed by atoms with Crippen LogP contribution in [0, 0.1) is 0 Å². The summed E-state index contributed by atoms with van der Waals surface area (Å²) < 4.78 is 0. The van der Waals surface area contributed by atoms with Crippen molar-refractivity contribution in [1.29, 1.82) is 0 Å². The number of imidazole rings is 1. The van der Waals surface area contributed by atoms with Crippen LogP contribution in [0.5, 0.6) is 0 Å². The van der Waals surface area contributed by atoms with Crippen molar-refractivity contribution in [2.75, 3.05) is 6.54 Å². The summed E-state index contributed by atoms with van der Waals surface area (Å²) >= 11 is 0. The molecule has 3 aromatic rings. The van der Waals surface area contributed by atoms with Crippen LogP contribution < -0.4 is 5.32 Å². The van der Waals surface area contributed by atoms with Crippen LogP contribution in [0.4, 0.5) is 0 Å². The summed E-state index contributed by atoms with van der Waals surface area (Å²) in [5.74, 6) is 1.49. The Labute approximate surface area is 143 Å². The van der Waals surface area contributed by atoms with Gasteiger partial charge in [-0.15, -0.1) is 24.8 Å².